The lowest BCUT2D eigenvalue weighted by Gasteiger charge is -2.58. The average molecular weight is 563 g/mol. The van der Waals surface area contributed by atoms with E-state index in [0.717, 1.165) is 45.1 Å². The van der Waals surface area contributed by atoms with Crippen molar-refractivity contribution < 1.29 is 23.7 Å². The second-order valence-electron chi connectivity index (χ2n) is 13.9. The fourth-order valence-corrected chi connectivity index (χ4v) is 10.7. The van der Waals surface area contributed by atoms with Crippen LogP contribution in [0.2, 0.25) is 0 Å². The van der Waals surface area contributed by atoms with Crippen molar-refractivity contribution in [3.63, 3.8) is 0 Å². The van der Waals surface area contributed by atoms with Crippen LogP contribution in [-0.4, -0.2) is 47.3 Å². The van der Waals surface area contributed by atoms with Gasteiger partial charge >= 0.3 is 5.97 Å². The summed E-state index contributed by atoms with van der Waals surface area (Å²) >= 11 is 6.99. The van der Waals surface area contributed by atoms with Gasteiger partial charge in [0.25, 0.3) is 0 Å². The third-order valence-electron chi connectivity index (χ3n) is 12.0. The maximum Gasteiger partial charge on any atom is 0.302 e. The molecule has 12 atom stereocenters. The summed E-state index contributed by atoms with van der Waals surface area (Å²) in [6.07, 6.45) is 13.4. The van der Waals surface area contributed by atoms with Gasteiger partial charge in [0.2, 0.25) is 10.2 Å². The van der Waals surface area contributed by atoms with Crippen LogP contribution in [0.5, 0.6) is 0 Å². The average Bonchev–Trinajstić information content (AvgIpc) is 3.32. The van der Waals surface area contributed by atoms with Crippen molar-refractivity contribution in [1.29, 1.82) is 0 Å². The maximum absolute atomic E-state index is 11.6. The zero-order chi connectivity index (χ0) is 27.0. The Labute approximate surface area is 238 Å². The van der Waals surface area contributed by atoms with Gasteiger partial charge in [-0.05, 0) is 104 Å². The molecule has 0 aromatic carbocycles. The van der Waals surface area contributed by atoms with Crippen molar-refractivity contribution in [2.24, 2.45) is 46.3 Å². The molecular formula is C31H46O5S2. The van der Waals surface area contributed by atoms with Crippen molar-refractivity contribution >= 4 is 34.3 Å². The zero-order valence-corrected chi connectivity index (χ0v) is 25.6. The first-order chi connectivity index (χ1) is 18.0. The summed E-state index contributed by atoms with van der Waals surface area (Å²) in [5.41, 5.74) is 2.04. The SMILES string of the molecule is CSC(=S)O[C@@H]1C[C@@H](C)CO[C@]12O[C@H]1C[C@H]3[C@@H]4CC=C5C[C@@H](OC(C)=O)CC[C@]5(C)[C@H]4CC[C@]3(C)[C@H]1[C@@H]2C. The van der Waals surface area contributed by atoms with Gasteiger partial charge in [0, 0.05) is 19.3 Å². The normalized spacial score (nSPS) is 51.3. The molecule has 0 unspecified atom stereocenters. The topological polar surface area (TPSA) is 54.0 Å². The highest BCUT2D eigenvalue weighted by Crippen LogP contribution is 2.70. The van der Waals surface area contributed by atoms with Crippen molar-refractivity contribution in [1.82, 2.24) is 0 Å². The molecular weight excluding hydrogens is 516 g/mol. The van der Waals surface area contributed by atoms with Gasteiger partial charge in [0.15, 0.2) is 6.10 Å². The lowest BCUT2D eigenvalue weighted by atomic mass is 9.47. The number of allylic oxidation sites excluding steroid dienone is 1. The van der Waals surface area contributed by atoms with Gasteiger partial charge in [-0.2, -0.15) is 0 Å². The Bertz CT molecular complexity index is 1010. The molecule has 3 saturated carbocycles. The van der Waals surface area contributed by atoms with E-state index in [1.807, 2.05) is 6.26 Å². The standard InChI is InChI=1S/C31H46O5S2/c1-17-13-26(35-28(37)38-6)31(33-16-17)18(2)27-25(36-31)15-24-22-8-7-20-14-21(34-19(3)32)9-11-29(20,4)23(22)10-12-30(24,27)5/h7,17-18,21-27H,8-16H2,1-6H3/t17-,18+,21+,22-,23+,24+,25+,26-,27+,29+,30+,31-/m1/s1. The first kappa shape index (κ1) is 27.5. The molecule has 7 heteroatoms. The molecule has 2 aliphatic heterocycles. The third kappa shape index (κ3) is 4.07. The molecule has 0 amide bonds. The molecule has 4 aliphatic carbocycles. The minimum Gasteiger partial charge on any atom is -0.469 e. The molecule has 1 spiro atoms. The molecule has 0 radical (unpaired) electrons. The number of hydrogen-bond acceptors (Lipinski definition) is 7. The molecule has 0 bridgehead atoms. The first-order valence-electron chi connectivity index (χ1n) is 14.9. The lowest BCUT2D eigenvalue weighted by molar-refractivity contribution is -0.312. The van der Waals surface area contributed by atoms with Gasteiger partial charge in [-0.25, -0.2) is 0 Å². The van der Waals surface area contributed by atoms with Crippen LogP contribution in [0.1, 0.15) is 86.0 Å². The smallest absolute Gasteiger partial charge is 0.302 e. The van der Waals surface area contributed by atoms with E-state index in [2.05, 4.69) is 33.8 Å². The number of thioether (sulfide) groups is 1. The molecule has 0 aromatic rings. The molecule has 38 heavy (non-hydrogen) atoms. The van der Waals surface area contributed by atoms with Crippen LogP contribution in [0.3, 0.4) is 0 Å². The largest absolute Gasteiger partial charge is 0.469 e. The summed E-state index contributed by atoms with van der Waals surface area (Å²) in [6, 6.07) is 0. The van der Waals surface area contributed by atoms with E-state index >= 15 is 0 Å². The summed E-state index contributed by atoms with van der Waals surface area (Å²) in [5.74, 6) is 2.44. The van der Waals surface area contributed by atoms with Crippen molar-refractivity contribution in [2.75, 3.05) is 12.9 Å². The number of carbonyl (C=O) groups excluding carboxylic acids is 1. The number of ether oxygens (including phenoxy) is 4. The Morgan fingerprint density at radius 2 is 1.92 bits per heavy atom. The Morgan fingerprint density at radius 3 is 2.66 bits per heavy atom. The summed E-state index contributed by atoms with van der Waals surface area (Å²) in [4.78, 5) is 11.6. The highest BCUT2D eigenvalue weighted by atomic mass is 32.2. The molecule has 5 nitrogen and oxygen atoms in total. The highest BCUT2D eigenvalue weighted by Gasteiger charge is 2.71. The van der Waals surface area contributed by atoms with Crippen molar-refractivity contribution in [2.45, 2.75) is 110 Å². The van der Waals surface area contributed by atoms with E-state index in [4.69, 9.17) is 31.2 Å². The monoisotopic (exact) mass is 562 g/mol. The van der Waals surface area contributed by atoms with Gasteiger partial charge in [0.1, 0.15) is 6.10 Å². The van der Waals surface area contributed by atoms with Gasteiger partial charge in [-0.15, -0.1) is 0 Å². The minimum atomic E-state index is -0.687. The number of rotatable bonds is 2. The predicted molar refractivity (Wildman–Crippen MR) is 154 cm³/mol. The van der Waals surface area contributed by atoms with E-state index in [9.17, 15) is 4.79 Å². The number of esters is 1. The van der Waals surface area contributed by atoms with Crippen LogP contribution in [-0.2, 0) is 23.7 Å². The number of hydrogen-bond donors (Lipinski definition) is 0. The highest BCUT2D eigenvalue weighted by molar-refractivity contribution is 8.22. The first-order valence-corrected chi connectivity index (χ1v) is 16.6. The predicted octanol–water partition coefficient (Wildman–Crippen LogP) is 6.93. The molecule has 2 heterocycles. The van der Waals surface area contributed by atoms with Crippen molar-refractivity contribution in [3.05, 3.63) is 11.6 Å². The summed E-state index contributed by atoms with van der Waals surface area (Å²) < 4.78 is 26.3. The summed E-state index contributed by atoms with van der Waals surface area (Å²) in [6.45, 7) is 11.9. The van der Waals surface area contributed by atoms with Crippen LogP contribution in [0.25, 0.3) is 0 Å². The Morgan fingerprint density at radius 1 is 1.13 bits per heavy atom. The van der Waals surface area contributed by atoms with Crippen LogP contribution in [0.15, 0.2) is 11.6 Å². The second-order valence-corrected chi connectivity index (χ2v) is 15.3. The maximum atomic E-state index is 11.6. The molecule has 0 N–H and O–H groups in total. The van der Waals surface area contributed by atoms with Crippen LogP contribution in [0.4, 0.5) is 0 Å². The minimum absolute atomic E-state index is 0.0564. The van der Waals surface area contributed by atoms with Gasteiger partial charge < -0.3 is 18.9 Å². The molecule has 6 rings (SSSR count). The second kappa shape index (κ2) is 9.73. The van der Waals surface area contributed by atoms with Crippen LogP contribution >= 0.6 is 24.0 Å². The molecule has 212 valence electrons. The van der Waals surface area contributed by atoms with E-state index in [-0.39, 0.29) is 41.0 Å². The Kier molecular flexibility index (Phi) is 7.05. The molecule has 0 aromatic heterocycles. The fraction of sp³-hybridized carbons (Fsp3) is 0.871. The van der Waals surface area contributed by atoms with Gasteiger partial charge in [-0.3, -0.25) is 4.79 Å². The third-order valence-corrected chi connectivity index (χ3v) is 13.1. The van der Waals surface area contributed by atoms with Crippen LogP contribution < -0.4 is 0 Å². The van der Waals surface area contributed by atoms with Gasteiger partial charge in [0.05, 0.1) is 12.7 Å². The zero-order valence-electron chi connectivity index (χ0n) is 24.0. The van der Waals surface area contributed by atoms with Crippen LogP contribution in [0, 0.1) is 46.3 Å². The quantitative estimate of drug-likeness (QED) is 0.206. The lowest BCUT2D eigenvalue weighted by Crippen LogP contribution is -2.57. The number of carbonyl (C=O) groups is 1. The van der Waals surface area contributed by atoms with E-state index in [0.29, 0.717) is 34.0 Å². The summed E-state index contributed by atoms with van der Waals surface area (Å²) in [5, 5.41) is 0. The van der Waals surface area contributed by atoms with Crippen molar-refractivity contribution in [3.8, 4) is 0 Å². The Balaban J connectivity index is 1.24. The number of fused-ring (bicyclic) bond motifs is 7. The Hall–Kier alpha value is -0.630. The number of thiocarbonyl (C=S) groups is 1. The summed E-state index contributed by atoms with van der Waals surface area (Å²) in [7, 11) is 0. The molecule has 2 saturated heterocycles. The van der Waals surface area contributed by atoms with Gasteiger partial charge in [-0.1, -0.05) is 51.1 Å². The van der Waals surface area contributed by atoms with E-state index < -0.39 is 5.79 Å². The van der Waals surface area contributed by atoms with E-state index in [1.54, 1.807) is 5.57 Å². The molecule has 5 fully saturated rings. The molecule has 6 aliphatic rings. The fourth-order valence-electron chi connectivity index (χ4n) is 10.4. The van der Waals surface area contributed by atoms with E-state index in [1.165, 1.54) is 31.5 Å².